The van der Waals surface area contributed by atoms with Crippen LogP contribution in [0.4, 0.5) is 0 Å². The van der Waals surface area contributed by atoms with Crippen LogP contribution in [-0.4, -0.2) is 37.2 Å². The zero-order valence-electron chi connectivity index (χ0n) is 15.8. The summed E-state index contributed by atoms with van der Waals surface area (Å²) in [5.41, 5.74) is 2.43. The van der Waals surface area contributed by atoms with Crippen molar-refractivity contribution in [1.29, 1.82) is 0 Å². The molecule has 0 aliphatic carbocycles. The van der Waals surface area contributed by atoms with Crippen molar-refractivity contribution in [2.24, 2.45) is 5.92 Å². The second-order valence-corrected chi connectivity index (χ2v) is 6.90. The molecule has 1 N–H and O–H groups in total. The van der Waals surface area contributed by atoms with Crippen molar-refractivity contribution in [1.82, 2.24) is 30.1 Å². The maximum atomic E-state index is 12.4. The molecule has 1 atom stereocenters. The fraction of sp³-hybridized carbons (Fsp3) is 0.421. The van der Waals surface area contributed by atoms with Gasteiger partial charge in [-0.05, 0) is 38.0 Å². The van der Waals surface area contributed by atoms with Crippen molar-refractivity contribution in [3.63, 3.8) is 0 Å². The first-order valence-electron chi connectivity index (χ1n) is 9.04. The lowest BCUT2D eigenvalue weighted by Gasteiger charge is -2.14. The Hall–Kier alpha value is -3.03. The third-order valence-electron chi connectivity index (χ3n) is 4.42. The van der Waals surface area contributed by atoms with Gasteiger partial charge in [0.15, 0.2) is 0 Å². The van der Waals surface area contributed by atoms with Crippen LogP contribution in [0.5, 0.6) is 0 Å². The molecule has 1 amide bonds. The number of carbonyl (C=O) groups is 1. The molecule has 0 aliphatic heterocycles. The van der Waals surface area contributed by atoms with E-state index in [2.05, 4.69) is 27.7 Å². The highest BCUT2D eigenvalue weighted by Gasteiger charge is 2.11. The molecular formula is C19H24N6O2. The van der Waals surface area contributed by atoms with Gasteiger partial charge in [-0.3, -0.25) is 14.3 Å². The lowest BCUT2D eigenvalue weighted by atomic mass is 10.2. The van der Waals surface area contributed by atoms with Crippen molar-refractivity contribution < 1.29 is 4.79 Å². The van der Waals surface area contributed by atoms with Crippen molar-refractivity contribution in [3.8, 4) is 0 Å². The van der Waals surface area contributed by atoms with Crippen LogP contribution in [0.3, 0.4) is 0 Å². The number of rotatable bonds is 7. The van der Waals surface area contributed by atoms with Crippen molar-refractivity contribution in [2.75, 3.05) is 6.54 Å². The average molecular weight is 368 g/mol. The van der Waals surface area contributed by atoms with E-state index in [0.29, 0.717) is 17.4 Å². The van der Waals surface area contributed by atoms with Gasteiger partial charge in [0.2, 0.25) is 5.91 Å². The lowest BCUT2D eigenvalue weighted by molar-refractivity contribution is -0.121. The highest BCUT2D eigenvalue weighted by atomic mass is 16.2. The first kappa shape index (κ1) is 18.8. The topological polar surface area (TPSA) is 94.7 Å². The normalized spacial score (nSPS) is 12.3. The Morgan fingerprint density at radius 2 is 2.00 bits per heavy atom. The predicted octanol–water partition coefficient (Wildman–Crippen LogP) is 1.45. The third-order valence-corrected chi connectivity index (χ3v) is 4.42. The number of nitrogens with zero attached hydrogens (tertiary/aromatic N) is 5. The molecule has 0 aliphatic rings. The van der Waals surface area contributed by atoms with Gasteiger partial charge >= 0.3 is 0 Å². The molecule has 0 bridgehead atoms. The van der Waals surface area contributed by atoms with E-state index < -0.39 is 0 Å². The Bertz CT molecular complexity index is 1010. The summed E-state index contributed by atoms with van der Waals surface area (Å²) in [4.78, 5) is 24.5. The summed E-state index contributed by atoms with van der Waals surface area (Å²) in [7, 11) is 0. The van der Waals surface area contributed by atoms with Crippen LogP contribution < -0.4 is 10.9 Å². The predicted molar refractivity (Wildman–Crippen MR) is 102 cm³/mol. The van der Waals surface area contributed by atoms with Gasteiger partial charge in [0.1, 0.15) is 5.52 Å². The molecule has 0 spiro atoms. The van der Waals surface area contributed by atoms with E-state index in [0.717, 1.165) is 17.9 Å². The number of nitrogens with one attached hydrogen (secondary N) is 1. The number of aromatic nitrogens is 5. The Morgan fingerprint density at radius 3 is 2.74 bits per heavy atom. The first-order valence-corrected chi connectivity index (χ1v) is 9.04. The van der Waals surface area contributed by atoms with Crippen LogP contribution in [0.15, 0.2) is 35.1 Å². The Morgan fingerprint density at radius 1 is 1.22 bits per heavy atom. The molecule has 0 fully saturated rings. The van der Waals surface area contributed by atoms with Gasteiger partial charge in [-0.25, -0.2) is 4.68 Å². The number of benzene rings is 1. The van der Waals surface area contributed by atoms with Crippen molar-refractivity contribution in [2.45, 2.75) is 40.3 Å². The summed E-state index contributed by atoms with van der Waals surface area (Å²) in [6.07, 6.45) is 0.180. The number of carbonyl (C=O) groups excluding carboxylic acids is 1. The summed E-state index contributed by atoms with van der Waals surface area (Å²) < 4.78 is 3.19. The van der Waals surface area contributed by atoms with E-state index in [4.69, 9.17) is 0 Å². The molecule has 8 heteroatoms. The van der Waals surface area contributed by atoms with Crippen LogP contribution in [0.1, 0.15) is 24.7 Å². The fourth-order valence-corrected chi connectivity index (χ4v) is 2.97. The van der Waals surface area contributed by atoms with Crippen LogP contribution in [-0.2, 0) is 17.9 Å². The summed E-state index contributed by atoms with van der Waals surface area (Å²) in [6.45, 7) is 7.55. The second kappa shape index (κ2) is 8.11. The number of fused-ring (bicyclic) bond motifs is 1. The number of aryl methyl sites for hydroxylation is 3. The molecule has 0 unspecified atom stereocenters. The number of hydrogen-bond acceptors (Lipinski definition) is 5. The lowest BCUT2D eigenvalue weighted by Crippen LogP contribution is -2.32. The standard InChI is InChI=1S/C19H24N6O2/c1-13(12-25-15(3)10-14(2)22-25)11-20-18(26)8-9-24-19(27)16-6-4-5-7-17(16)21-23-24/h4-7,10,13H,8-9,11-12H2,1-3H3,(H,20,26)/t13-/m0/s1. The van der Waals surface area contributed by atoms with Crippen molar-refractivity contribution in [3.05, 3.63) is 52.1 Å². The van der Waals surface area contributed by atoms with Gasteiger partial charge < -0.3 is 5.32 Å². The number of hydrogen-bond donors (Lipinski definition) is 1. The molecule has 0 saturated heterocycles. The van der Waals surface area contributed by atoms with Gasteiger partial charge in [-0.2, -0.15) is 5.10 Å². The number of amides is 1. The Kier molecular flexibility index (Phi) is 5.63. The Balaban J connectivity index is 1.50. The molecule has 0 saturated carbocycles. The van der Waals surface area contributed by atoms with Crippen molar-refractivity contribution >= 4 is 16.8 Å². The summed E-state index contributed by atoms with van der Waals surface area (Å²) in [5, 5.41) is 15.8. The van der Waals surface area contributed by atoms with Gasteiger partial charge in [0, 0.05) is 25.2 Å². The quantitative estimate of drug-likeness (QED) is 0.681. The fourth-order valence-electron chi connectivity index (χ4n) is 2.97. The summed E-state index contributed by atoms with van der Waals surface area (Å²) >= 11 is 0. The minimum atomic E-state index is -0.230. The van der Waals surface area contributed by atoms with E-state index in [1.54, 1.807) is 18.2 Å². The SMILES string of the molecule is Cc1cc(C)n(C[C@@H](C)CNC(=O)CCn2nnc3ccccc3c2=O)n1. The smallest absolute Gasteiger partial charge is 0.277 e. The third kappa shape index (κ3) is 4.58. The molecule has 142 valence electrons. The zero-order valence-corrected chi connectivity index (χ0v) is 15.8. The van der Waals surface area contributed by atoms with E-state index in [-0.39, 0.29) is 30.3 Å². The molecule has 3 rings (SSSR count). The average Bonchev–Trinajstić information content (AvgIpc) is 2.96. The molecule has 0 radical (unpaired) electrons. The summed E-state index contributed by atoms with van der Waals surface area (Å²) in [6, 6.07) is 9.08. The maximum absolute atomic E-state index is 12.4. The van der Waals surface area contributed by atoms with Gasteiger partial charge in [0.25, 0.3) is 5.56 Å². The molecule has 3 aromatic rings. The van der Waals surface area contributed by atoms with Gasteiger partial charge in [-0.1, -0.05) is 24.3 Å². The van der Waals surface area contributed by atoms with E-state index in [1.807, 2.05) is 30.7 Å². The largest absolute Gasteiger partial charge is 0.356 e. The molecule has 1 aromatic carbocycles. The molecule has 8 nitrogen and oxygen atoms in total. The highest BCUT2D eigenvalue weighted by molar-refractivity contribution is 5.77. The van der Waals surface area contributed by atoms with E-state index in [9.17, 15) is 9.59 Å². The van der Waals surface area contributed by atoms with Crippen LogP contribution >= 0.6 is 0 Å². The van der Waals surface area contributed by atoms with Crippen LogP contribution in [0, 0.1) is 19.8 Å². The minimum Gasteiger partial charge on any atom is -0.356 e. The van der Waals surface area contributed by atoms with Gasteiger partial charge in [0.05, 0.1) is 17.6 Å². The zero-order chi connectivity index (χ0) is 19.4. The van der Waals surface area contributed by atoms with E-state index >= 15 is 0 Å². The summed E-state index contributed by atoms with van der Waals surface area (Å²) in [5.74, 6) is 0.132. The first-order chi connectivity index (χ1) is 12.9. The maximum Gasteiger partial charge on any atom is 0.277 e. The highest BCUT2D eigenvalue weighted by Crippen LogP contribution is 2.06. The van der Waals surface area contributed by atoms with Gasteiger partial charge in [-0.15, -0.1) is 5.10 Å². The second-order valence-electron chi connectivity index (χ2n) is 6.90. The molecule has 2 heterocycles. The Labute approximate surface area is 157 Å². The van der Waals surface area contributed by atoms with Crippen LogP contribution in [0.2, 0.25) is 0 Å². The van der Waals surface area contributed by atoms with E-state index in [1.165, 1.54) is 4.68 Å². The molecule has 27 heavy (non-hydrogen) atoms. The molecule has 2 aromatic heterocycles. The monoisotopic (exact) mass is 368 g/mol. The van der Waals surface area contributed by atoms with Crippen LogP contribution in [0.25, 0.3) is 10.9 Å². The minimum absolute atomic E-state index is 0.114. The molecular weight excluding hydrogens is 344 g/mol.